The summed E-state index contributed by atoms with van der Waals surface area (Å²) in [6, 6.07) is 0.575. The normalized spacial score (nSPS) is 37.9. The molecule has 1 heterocycles. The van der Waals surface area contributed by atoms with E-state index in [9.17, 15) is 0 Å². The second-order valence-electron chi connectivity index (χ2n) is 3.48. The molecule has 3 atom stereocenters. The molecule has 0 spiro atoms. The molecule has 11 heavy (non-hydrogen) atoms. The zero-order valence-electron chi connectivity index (χ0n) is 7.67. The Labute approximate surface area is 69.1 Å². The van der Waals surface area contributed by atoms with Crippen LogP contribution in [0.3, 0.4) is 0 Å². The molecule has 0 aromatic carbocycles. The Morgan fingerprint density at radius 2 is 2.27 bits per heavy atom. The number of hydrogen-bond acceptors (Lipinski definition) is 2. The van der Waals surface area contributed by atoms with Gasteiger partial charge in [-0.05, 0) is 18.8 Å². The van der Waals surface area contributed by atoms with E-state index in [-0.39, 0.29) is 0 Å². The molecule has 0 saturated heterocycles. The SMILES string of the molecule is CCC1CN=CNC(C)C1C. The van der Waals surface area contributed by atoms with E-state index in [0.717, 1.165) is 18.4 Å². The lowest BCUT2D eigenvalue weighted by molar-refractivity contribution is 0.309. The number of nitrogens with one attached hydrogen (secondary N) is 1. The summed E-state index contributed by atoms with van der Waals surface area (Å²) in [7, 11) is 0. The Morgan fingerprint density at radius 3 is 2.91 bits per heavy atom. The maximum atomic E-state index is 4.29. The van der Waals surface area contributed by atoms with Crippen LogP contribution in [-0.4, -0.2) is 18.9 Å². The van der Waals surface area contributed by atoms with Gasteiger partial charge in [-0.3, -0.25) is 4.99 Å². The van der Waals surface area contributed by atoms with E-state index in [1.54, 1.807) is 0 Å². The second-order valence-corrected chi connectivity index (χ2v) is 3.48. The fourth-order valence-electron chi connectivity index (χ4n) is 1.59. The van der Waals surface area contributed by atoms with Gasteiger partial charge in [0.05, 0.1) is 6.34 Å². The van der Waals surface area contributed by atoms with Crippen LogP contribution in [-0.2, 0) is 0 Å². The van der Waals surface area contributed by atoms with Gasteiger partial charge in [0.2, 0.25) is 0 Å². The summed E-state index contributed by atoms with van der Waals surface area (Å²) in [4.78, 5) is 4.29. The zero-order chi connectivity index (χ0) is 8.27. The molecule has 1 N–H and O–H groups in total. The first kappa shape index (κ1) is 8.57. The van der Waals surface area contributed by atoms with Gasteiger partial charge in [0, 0.05) is 12.6 Å². The van der Waals surface area contributed by atoms with E-state index in [2.05, 4.69) is 31.1 Å². The standard InChI is InChI=1S/C9H18N2/c1-4-9-5-10-6-11-8(3)7(9)2/h6-9H,4-5H2,1-3H3,(H,10,11). The summed E-state index contributed by atoms with van der Waals surface area (Å²) in [5.74, 6) is 1.50. The Hall–Kier alpha value is -0.530. The van der Waals surface area contributed by atoms with Crippen LogP contribution in [0.4, 0.5) is 0 Å². The highest BCUT2D eigenvalue weighted by Gasteiger charge is 2.21. The minimum atomic E-state index is 0.575. The van der Waals surface area contributed by atoms with E-state index >= 15 is 0 Å². The molecule has 3 unspecified atom stereocenters. The van der Waals surface area contributed by atoms with E-state index in [4.69, 9.17) is 0 Å². The lowest BCUT2D eigenvalue weighted by Crippen LogP contribution is -2.33. The Morgan fingerprint density at radius 1 is 1.55 bits per heavy atom. The number of rotatable bonds is 1. The Bertz CT molecular complexity index is 142. The van der Waals surface area contributed by atoms with Crippen molar-refractivity contribution < 1.29 is 0 Å². The van der Waals surface area contributed by atoms with Crippen molar-refractivity contribution in [3.05, 3.63) is 0 Å². The number of hydrogen-bond donors (Lipinski definition) is 1. The number of nitrogens with zero attached hydrogens (tertiary/aromatic N) is 1. The van der Waals surface area contributed by atoms with E-state index in [1.807, 2.05) is 6.34 Å². The van der Waals surface area contributed by atoms with Crippen LogP contribution in [0.25, 0.3) is 0 Å². The zero-order valence-corrected chi connectivity index (χ0v) is 7.67. The molecule has 1 aliphatic rings. The van der Waals surface area contributed by atoms with Crippen LogP contribution in [0.15, 0.2) is 4.99 Å². The first-order chi connectivity index (χ1) is 5.25. The predicted octanol–water partition coefficient (Wildman–Crippen LogP) is 1.67. The van der Waals surface area contributed by atoms with Crippen LogP contribution in [0.5, 0.6) is 0 Å². The van der Waals surface area contributed by atoms with Crippen molar-refractivity contribution in [2.24, 2.45) is 16.8 Å². The molecular formula is C9H18N2. The van der Waals surface area contributed by atoms with Gasteiger partial charge in [0.15, 0.2) is 0 Å². The van der Waals surface area contributed by atoms with Crippen LogP contribution in [0.1, 0.15) is 27.2 Å². The summed E-state index contributed by atoms with van der Waals surface area (Å²) in [5, 5.41) is 3.27. The first-order valence-corrected chi connectivity index (χ1v) is 4.50. The number of aliphatic imine (C=N–C) groups is 1. The third kappa shape index (κ3) is 1.95. The molecule has 1 aliphatic heterocycles. The van der Waals surface area contributed by atoms with Gasteiger partial charge in [-0.1, -0.05) is 20.3 Å². The average molecular weight is 154 g/mol. The van der Waals surface area contributed by atoms with Crippen molar-refractivity contribution in [3.63, 3.8) is 0 Å². The van der Waals surface area contributed by atoms with Crippen molar-refractivity contribution in [2.45, 2.75) is 33.2 Å². The maximum Gasteiger partial charge on any atom is 0.0826 e. The predicted molar refractivity (Wildman–Crippen MR) is 48.9 cm³/mol. The highest BCUT2D eigenvalue weighted by molar-refractivity contribution is 5.55. The highest BCUT2D eigenvalue weighted by atomic mass is 15.0. The van der Waals surface area contributed by atoms with Gasteiger partial charge in [0.1, 0.15) is 0 Å². The summed E-state index contributed by atoms with van der Waals surface area (Å²) >= 11 is 0. The molecule has 0 bridgehead atoms. The molecule has 2 nitrogen and oxygen atoms in total. The second kappa shape index (κ2) is 3.74. The van der Waals surface area contributed by atoms with Gasteiger partial charge in [0.25, 0.3) is 0 Å². The maximum absolute atomic E-state index is 4.29. The average Bonchev–Trinajstić information content (AvgIpc) is 2.16. The largest absolute Gasteiger partial charge is 0.374 e. The Balaban J connectivity index is 2.57. The van der Waals surface area contributed by atoms with Gasteiger partial charge in [-0.2, -0.15) is 0 Å². The van der Waals surface area contributed by atoms with Crippen molar-refractivity contribution in [1.29, 1.82) is 0 Å². The van der Waals surface area contributed by atoms with Crippen LogP contribution in [0.2, 0.25) is 0 Å². The van der Waals surface area contributed by atoms with Gasteiger partial charge < -0.3 is 5.32 Å². The van der Waals surface area contributed by atoms with Crippen molar-refractivity contribution >= 4 is 6.34 Å². The van der Waals surface area contributed by atoms with E-state index in [0.29, 0.717) is 6.04 Å². The molecule has 0 radical (unpaired) electrons. The fraction of sp³-hybridized carbons (Fsp3) is 0.889. The minimum Gasteiger partial charge on any atom is -0.374 e. The third-order valence-corrected chi connectivity index (χ3v) is 2.83. The van der Waals surface area contributed by atoms with E-state index < -0.39 is 0 Å². The Kier molecular flexibility index (Phi) is 2.92. The van der Waals surface area contributed by atoms with Crippen LogP contribution >= 0.6 is 0 Å². The molecule has 0 aromatic heterocycles. The van der Waals surface area contributed by atoms with Crippen molar-refractivity contribution in [1.82, 2.24) is 5.32 Å². The molecule has 0 aliphatic carbocycles. The van der Waals surface area contributed by atoms with E-state index in [1.165, 1.54) is 6.42 Å². The lowest BCUT2D eigenvalue weighted by Gasteiger charge is -2.24. The van der Waals surface area contributed by atoms with Crippen LogP contribution < -0.4 is 5.32 Å². The van der Waals surface area contributed by atoms with Gasteiger partial charge in [-0.25, -0.2) is 0 Å². The minimum absolute atomic E-state index is 0.575. The van der Waals surface area contributed by atoms with Crippen LogP contribution in [0, 0.1) is 11.8 Å². The first-order valence-electron chi connectivity index (χ1n) is 4.50. The molecule has 1 rings (SSSR count). The summed E-state index contributed by atoms with van der Waals surface area (Å²) in [6.45, 7) is 7.77. The fourth-order valence-corrected chi connectivity index (χ4v) is 1.59. The monoisotopic (exact) mass is 154 g/mol. The smallest absolute Gasteiger partial charge is 0.0826 e. The molecule has 2 heteroatoms. The summed E-state index contributed by atoms with van der Waals surface area (Å²) in [6.07, 6.45) is 3.10. The molecular weight excluding hydrogens is 136 g/mol. The van der Waals surface area contributed by atoms with Crippen molar-refractivity contribution in [3.8, 4) is 0 Å². The molecule has 0 aromatic rings. The molecule has 0 amide bonds. The lowest BCUT2D eigenvalue weighted by atomic mass is 9.87. The molecule has 0 saturated carbocycles. The van der Waals surface area contributed by atoms with Crippen molar-refractivity contribution in [2.75, 3.05) is 6.54 Å². The topological polar surface area (TPSA) is 24.4 Å². The highest BCUT2D eigenvalue weighted by Crippen LogP contribution is 2.20. The van der Waals surface area contributed by atoms with Gasteiger partial charge in [-0.15, -0.1) is 0 Å². The quantitative estimate of drug-likeness (QED) is 0.610. The third-order valence-electron chi connectivity index (χ3n) is 2.83. The van der Waals surface area contributed by atoms with Gasteiger partial charge >= 0.3 is 0 Å². The molecule has 64 valence electrons. The molecule has 0 fully saturated rings. The summed E-state index contributed by atoms with van der Waals surface area (Å²) < 4.78 is 0. The summed E-state index contributed by atoms with van der Waals surface area (Å²) in [5.41, 5.74) is 0.